The molecule has 0 heterocycles. The van der Waals surface area contributed by atoms with Crippen LogP contribution in [0.1, 0.15) is 63.6 Å². The van der Waals surface area contributed by atoms with Gasteiger partial charge >= 0.3 is 0 Å². The minimum Gasteiger partial charge on any atom is -0.271 e. The Balaban J connectivity index is 2.83. The topological polar surface area (TPSA) is 38.0 Å². The second kappa shape index (κ2) is 8.28. The molecule has 0 aliphatic heterocycles. The molecule has 102 valence electrons. The standard InChI is InChI=1S/C16H28N2/c1-4-7-14(8-5-2)16(18-17)15-11-9-13(6-3)10-12-15/h9-12,14,16,18H,4-8,17H2,1-3H3. The molecule has 0 fully saturated rings. The number of hydrogen-bond donors (Lipinski definition) is 2. The van der Waals surface area contributed by atoms with Crippen molar-refractivity contribution in [3.8, 4) is 0 Å². The normalized spacial score (nSPS) is 12.9. The summed E-state index contributed by atoms with van der Waals surface area (Å²) in [5, 5.41) is 0. The predicted octanol–water partition coefficient (Wildman–Crippen LogP) is 3.97. The fraction of sp³-hybridized carbons (Fsp3) is 0.625. The van der Waals surface area contributed by atoms with Crippen LogP contribution < -0.4 is 11.3 Å². The van der Waals surface area contributed by atoms with Gasteiger partial charge in [0.15, 0.2) is 0 Å². The molecule has 0 amide bonds. The summed E-state index contributed by atoms with van der Waals surface area (Å²) in [6.45, 7) is 6.68. The lowest BCUT2D eigenvalue weighted by Crippen LogP contribution is -2.33. The lowest BCUT2D eigenvalue weighted by Gasteiger charge is -2.26. The van der Waals surface area contributed by atoms with Gasteiger partial charge in [0.25, 0.3) is 0 Å². The number of nitrogens with one attached hydrogen (secondary N) is 1. The van der Waals surface area contributed by atoms with Gasteiger partial charge in [0.05, 0.1) is 0 Å². The van der Waals surface area contributed by atoms with E-state index in [0.29, 0.717) is 5.92 Å². The SMILES string of the molecule is CCCC(CCC)C(NN)c1ccc(CC)cc1. The fourth-order valence-electron chi connectivity index (χ4n) is 2.68. The molecule has 0 saturated carbocycles. The number of nitrogens with two attached hydrogens (primary N) is 1. The van der Waals surface area contributed by atoms with Crippen molar-refractivity contribution < 1.29 is 0 Å². The van der Waals surface area contributed by atoms with Gasteiger partial charge in [-0.1, -0.05) is 57.9 Å². The van der Waals surface area contributed by atoms with Gasteiger partial charge in [0, 0.05) is 6.04 Å². The van der Waals surface area contributed by atoms with Gasteiger partial charge in [-0.25, -0.2) is 0 Å². The Morgan fingerprint density at radius 1 is 1.00 bits per heavy atom. The lowest BCUT2D eigenvalue weighted by atomic mass is 9.86. The van der Waals surface area contributed by atoms with Crippen molar-refractivity contribution in [3.63, 3.8) is 0 Å². The smallest absolute Gasteiger partial charge is 0.0488 e. The highest BCUT2D eigenvalue weighted by atomic mass is 15.2. The molecule has 0 bridgehead atoms. The van der Waals surface area contributed by atoms with Crippen molar-refractivity contribution >= 4 is 0 Å². The predicted molar refractivity (Wildman–Crippen MR) is 79.2 cm³/mol. The van der Waals surface area contributed by atoms with Crippen molar-refractivity contribution in [2.24, 2.45) is 11.8 Å². The third-order valence-corrected chi connectivity index (χ3v) is 3.72. The van der Waals surface area contributed by atoms with Crippen LogP contribution in [0.2, 0.25) is 0 Å². The Kier molecular flexibility index (Phi) is 6.99. The zero-order chi connectivity index (χ0) is 13.4. The third kappa shape index (κ3) is 4.11. The monoisotopic (exact) mass is 248 g/mol. The van der Waals surface area contributed by atoms with Crippen LogP contribution in [0.25, 0.3) is 0 Å². The summed E-state index contributed by atoms with van der Waals surface area (Å²) in [6.07, 6.45) is 6.00. The van der Waals surface area contributed by atoms with E-state index in [9.17, 15) is 0 Å². The average Bonchev–Trinajstić information content (AvgIpc) is 2.41. The number of hydrogen-bond acceptors (Lipinski definition) is 2. The van der Waals surface area contributed by atoms with E-state index < -0.39 is 0 Å². The molecule has 0 spiro atoms. The Bertz CT molecular complexity index is 312. The highest BCUT2D eigenvalue weighted by Gasteiger charge is 2.20. The van der Waals surface area contributed by atoms with Crippen LogP contribution in [0.15, 0.2) is 24.3 Å². The zero-order valence-corrected chi connectivity index (χ0v) is 12.1. The Hall–Kier alpha value is -0.860. The van der Waals surface area contributed by atoms with E-state index in [1.54, 1.807) is 0 Å². The van der Waals surface area contributed by atoms with Crippen LogP contribution >= 0.6 is 0 Å². The maximum atomic E-state index is 5.79. The Morgan fingerprint density at radius 2 is 1.56 bits per heavy atom. The summed E-state index contributed by atoms with van der Waals surface area (Å²) in [7, 11) is 0. The second-order valence-electron chi connectivity index (χ2n) is 5.08. The summed E-state index contributed by atoms with van der Waals surface area (Å²) in [4.78, 5) is 0. The first-order chi connectivity index (χ1) is 8.76. The first kappa shape index (κ1) is 15.2. The van der Waals surface area contributed by atoms with Crippen molar-refractivity contribution in [2.45, 2.75) is 58.9 Å². The molecule has 3 N–H and O–H groups in total. The highest BCUT2D eigenvalue weighted by Crippen LogP contribution is 2.29. The second-order valence-corrected chi connectivity index (χ2v) is 5.08. The van der Waals surface area contributed by atoms with Gasteiger partial charge in [-0.3, -0.25) is 11.3 Å². The molecule has 1 aromatic carbocycles. The van der Waals surface area contributed by atoms with Crippen LogP contribution in [-0.4, -0.2) is 0 Å². The molecule has 2 nitrogen and oxygen atoms in total. The molecule has 1 aromatic rings. The summed E-state index contributed by atoms with van der Waals surface area (Å²) in [5.41, 5.74) is 5.73. The van der Waals surface area contributed by atoms with E-state index in [2.05, 4.69) is 50.5 Å². The van der Waals surface area contributed by atoms with Crippen molar-refractivity contribution in [1.82, 2.24) is 5.43 Å². The fourth-order valence-corrected chi connectivity index (χ4v) is 2.68. The maximum Gasteiger partial charge on any atom is 0.0488 e. The first-order valence-electron chi connectivity index (χ1n) is 7.31. The van der Waals surface area contributed by atoms with E-state index in [4.69, 9.17) is 5.84 Å². The van der Waals surface area contributed by atoms with Crippen LogP contribution in [-0.2, 0) is 6.42 Å². The van der Waals surface area contributed by atoms with Crippen LogP contribution in [0.5, 0.6) is 0 Å². The van der Waals surface area contributed by atoms with E-state index in [1.807, 2.05) is 0 Å². The first-order valence-corrected chi connectivity index (χ1v) is 7.31. The summed E-state index contributed by atoms with van der Waals surface area (Å²) < 4.78 is 0. The summed E-state index contributed by atoms with van der Waals surface area (Å²) >= 11 is 0. The zero-order valence-electron chi connectivity index (χ0n) is 12.1. The number of benzene rings is 1. The van der Waals surface area contributed by atoms with Gasteiger partial charge in [-0.05, 0) is 36.3 Å². The summed E-state index contributed by atoms with van der Waals surface area (Å²) in [6, 6.07) is 9.17. The lowest BCUT2D eigenvalue weighted by molar-refractivity contribution is 0.319. The van der Waals surface area contributed by atoms with Crippen molar-refractivity contribution in [3.05, 3.63) is 35.4 Å². The molecule has 1 atom stereocenters. The van der Waals surface area contributed by atoms with Crippen molar-refractivity contribution in [1.29, 1.82) is 0 Å². The molecule has 1 rings (SSSR count). The highest BCUT2D eigenvalue weighted by molar-refractivity contribution is 5.25. The van der Waals surface area contributed by atoms with Gasteiger partial charge in [0.1, 0.15) is 0 Å². The number of rotatable bonds is 8. The van der Waals surface area contributed by atoms with Crippen LogP contribution in [0.4, 0.5) is 0 Å². The molecule has 0 saturated heterocycles. The van der Waals surface area contributed by atoms with Gasteiger partial charge in [-0.15, -0.1) is 0 Å². The van der Waals surface area contributed by atoms with Crippen LogP contribution in [0, 0.1) is 5.92 Å². The molecular formula is C16H28N2. The minimum atomic E-state index is 0.288. The van der Waals surface area contributed by atoms with Crippen molar-refractivity contribution in [2.75, 3.05) is 0 Å². The Labute approximate surface area is 112 Å². The van der Waals surface area contributed by atoms with E-state index >= 15 is 0 Å². The van der Waals surface area contributed by atoms with Gasteiger partial charge in [-0.2, -0.15) is 0 Å². The molecule has 1 unspecified atom stereocenters. The molecule has 0 aliphatic rings. The quantitative estimate of drug-likeness (QED) is 0.539. The van der Waals surface area contributed by atoms with Gasteiger partial charge in [0.2, 0.25) is 0 Å². The van der Waals surface area contributed by atoms with E-state index in [1.165, 1.54) is 36.8 Å². The largest absolute Gasteiger partial charge is 0.271 e. The molecule has 0 radical (unpaired) electrons. The number of hydrazine groups is 1. The average molecular weight is 248 g/mol. The van der Waals surface area contributed by atoms with Gasteiger partial charge < -0.3 is 0 Å². The van der Waals surface area contributed by atoms with E-state index in [-0.39, 0.29) is 6.04 Å². The number of aryl methyl sites for hydroxylation is 1. The molecule has 2 heteroatoms. The molecular weight excluding hydrogens is 220 g/mol. The van der Waals surface area contributed by atoms with Crippen LogP contribution in [0.3, 0.4) is 0 Å². The minimum absolute atomic E-state index is 0.288. The molecule has 0 aromatic heterocycles. The maximum absolute atomic E-state index is 5.79. The van der Waals surface area contributed by atoms with E-state index in [0.717, 1.165) is 6.42 Å². The molecule has 18 heavy (non-hydrogen) atoms. The third-order valence-electron chi connectivity index (χ3n) is 3.72. The molecule has 0 aliphatic carbocycles. The Morgan fingerprint density at radius 3 is 1.94 bits per heavy atom. The summed E-state index contributed by atoms with van der Waals surface area (Å²) in [5.74, 6) is 6.42.